The van der Waals surface area contributed by atoms with Gasteiger partial charge in [0.05, 0.1) is 13.5 Å². The molecule has 2 heterocycles. The first-order valence-electron chi connectivity index (χ1n) is 8.69. The number of methoxy groups -OCH3 is 1. The third-order valence-corrected chi connectivity index (χ3v) is 4.80. The van der Waals surface area contributed by atoms with E-state index in [4.69, 9.17) is 19.0 Å². The molecular weight excluding hydrogens is 338 g/mol. The highest BCUT2D eigenvalue weighted by atomic mass is 16.5. The molecule has 0 spiro atoms. The maximum Gasteiger partial charge on any atom is 0.305 e. The molecule has 1 aliphatic rings. The van der Waals surface area contributed by atoms with Crippen molar-refractivity contribution in [3.8, 4) is 5.75 Å². The van der Waals surface area contributed by atoms with Gasteiger partial charge in [0.1, 0.15) is 11.3 Å². The first-order chi connectivity index (χ1) is 12.5. The first kappa shape index (κ1) is 18.3. The lowest BCUT2D eigenvalue weighted by Gasteiger charge is -2.33. The van der Waals surface area contributed by atoms with Gasteiger partial charge in [0.25, 0.3) is 5.91 Å². The van der Waals surface area contributed by atoms with Crippen LogP contribution in [0.15, 0.2) is 22.6 Å². The Morgan fingerprint density at radius 2 is 2.04 bits per heavy atom. The van der Waals surface area contributed by atoms with Gasteiger partial charge in [-0.2, -0.15) is 0 Å². The smallest absolute Gasteiger partial charge is 0.305 e. The minimum atomic E-state index is -0.930. The van der Waals surface area contributed by atoms with E-state index in [1.54, 1.807) is 24.1 Å². The summed E-state index contributed by atoms with van der Waals surface area (Å²) in [7, 11) is 1.58. The van der Waals surface area contributed by atoms with Crippen LogP contribution in [0.3, 0.4) is 0 Å². The minimum Gasteiger partial charge on any atom is -0.497 e. The molecule has 1 fully saturated rings. The largest absolute Gasteiger partial charge is 0.497 e. The minimum absolute atomic E-state index is 0.0438. The number of furan rings is 1. The summed E-state index contributed by atoms with van der Waals surface area (Å²) >= 11 is 0. The molecule has 140 valence electrons. The molecule has 0 saturated carbocycles. The second kappa shape index (κ2) is 7.78. The number of nitrogens with zero attached hydrogens (tertiary/aromatic N) is 1. The molecule has 7 nitrogen and oxygen atoms in total. The van der Waals surface area contributed by atoms with E-state index >= 15 is 0 Å². The molecule has 0 bridgehead atoms. The normalized spacial score (nSPS) is 15.2. The number of hydrogen-bond donors (Lipinski definition) is 1. The van der Waals surface area contributed by atoms with Crippen LogP contribution in [-0.4, -0.2) is 54.8 Å². The molecule has 0 radical (unpaired) electrons. The molecule has 3 rings (SSSR count). The van der Waals surface area contributed by atoms with Crippen molar-refractivity contribution in [2.24, 2.45) is 0 Å². The Balaban J connectivity index is 1.93. The van der Waals surface area contributed by atoms with Gasteiger partial charge in [-0.3, -0.25) is 9.59 Å². The molecule has 2 aromatic rings. The van der Waals surface area contributed by atoms with Gasteiger partial charge in [0.15, 0.2) is 5.76 Å². The lowest BCUT2D eigenvalue weighted by atomic mass is 10.1. The topological polar surface area (TPSA) is 89.2 Å². The molecule has 0 unspecified atom stereocenters. The second-order valence-electron chi connectivity index (χ2n) is 6.40. The maximum absolute atomic E-state index is 13.2. The Labute approximate surface area is 151 Å². The van der Waals surface area contributed by atoms with Gasteiger partial charge in [-0.05, 0) is 38.0 Å². The van der Waals surface area contributed by atoms with Gasteiger partial charge in [0, 0.05) is 36.8 Å². The summed E-state index contributed by atoms with van der Waals surface area (Å²) in [5.41, 5.74) is 1.34. The average molecular weight is 361 g/mol. The number of rotatable bonds is 6. The van der Waals surface area contributed by atoms with Crippen LogP contribution in [0.5, 0.6) is 5.75 Å². The molecule has 7 heteroatoms. The van der Waals surface area contributed by atoms with E-state index in [1.807, 2.05) is 13.0 Å². The van der Waals surface area contributed by atoms with Crippen molar-refractivity contribution in [2.45, 2.75) is 32.2 Å². The number of amides is 1. The zero-order valence-electron chi connectivity index (χ0n) is 15.0. The summed E-state index contributed by atoms with van der Waals surface area (Å²) in [6, 6.07) is 5.34. The number of carboxylic acid groups (broad SMARTS) is 1. The number of carbonyl (C=O) groups is 2. The highest BCUT2D eigenvalue weighted by Gasteiger charge is 2.30. The van der Waals surface area contributed by atoms with E-state index in [-0.39, 0.29) is 30.7 Å². The Morgan fingerprint density at radius 3 is 2.69 bits per heavy atom. The third-order valence-electron chi connectivity index (χ3n) is 4.80. The third kappa shape index (κ3) is 3.67. The van der Waals surface area contributed by atoms with Crippen molar-refractivity contribution in [2.75, 3.05) is 26.9 Å². The van der Waals surface area contributed by atoms with E-state index in [9.17, 15) is 9.59 Å². The molecule has 0 aliphatic carbocycles. The summed E-state index contributed by atoms with van der Waals surface area (Å²) in [6.07, 6.45) is 1.28. The number of carboxylic acids is 1. The van der Waals surface area contributed by atoms with Gasteiger partial charge in [0.2, 0.25) is 0 Å². The number of carbonyl (C=O) groups excluding carboxylic acids is 1. The molecule has 1 aromatic heterocycles. The predicted molar refractivity (Wildman–Crippen MR) is 94.6 cm³/mol. The highest BCUT2D eigenvalue weighted by Crippen LogP contribution is 2.30. The molecule has 26 heavy (non-hydrogen) atoms. The zero-order valence-corrected chi connectivity index (χ0v) is 15.0. The van der Waals surface area contributed by atoms with E-state index < -0.39 is 5.97 Å². The first-order valence-corrected chi connectivity index (χ1v) is 8.69. The van der Waals surface area contributed by atoms with Crippen LogP contribution < -0.4 is 4.74 Å². The summed E-state index contributed by atoms with van der Waals surface area (Å²) in [5, 5.41) is 9.86. The molecule has 1 amide bonds. The monoisotopic (exact) mass is 361 g/mol. The summed E-state index contributed by atoms with van der Waals surface area (Å²) in [5.74, 6) is -0.260. The standard InChI is InChI=1S/C19H23NO6/c1-12-15-11-14(24-2)3-4-16(15)26-18(12)19(23)20(8-5-17(21)22)13-6-9-25-10-7-13/h3-4,11,13H,5-10H2,1-2H3,(H,21,22). The van der Waals surface area contributed by atoms with Crippen LogP contribution in [0, 0.1) is 6.92 Å². The lowest BCUT2D eigenvalue weighted by molar-refractivity contribution is -0.137. The van der Waals surface area contributed by atoms with Crippen molar-refractivity contribution < 1.29 is 28.6 Å². The number of aryl methyl sites for hydroxylation is 1. The van der Waals surface area contributed by atoms with Gasteiger partial charge in [-0.1, -0.05) is 0 Å². The van der Waals surface area contributed by atoms with Crippen molar-refractivity contribution >= 4 is 22.8 Å². The molecule has 1 saturated heterocycles. The molecule has 1 aliphatic heterocycles. The number of hydrogen-bond acceptors (Lipinski definition) is 5. The Kier molecular flexibility index (Phi) is 5.46. The SMILES string of the molecule is COc1ccc2oc(C(=O)N(CCC(=O)O)C3CCOCC3)c(C)c2c1. The number of aliphatic carboxylic acids is 1. The fourth-order valence-electron chi connectivity index (χ4n) is 3.32. The van der Waals surface area contributed by atoms with Crippen molar-refractivity contribution in [1.29, 1.82) is 0 Å². The van der Waals surface area contributed by atoms with E-state index in [0.717, 1.165) is 10.9 Å². The number of fused-ring (bicyclic) bond motifs is 1. The quantitative estimate of drug-likeness (QED) is 0.851. The summed E-state index contributed by atoms with van der Waals surface area (Å²) < 4.78 is 16.4. The van der Waals surface area contributed by atoms with Gasteiger partial charge >= 0.3 is 5.97 Å². The number of ether oxygens (including phenoxy) is 2. The van der Waals surface area contributed by atoms with E-state index in [1.165, 1.54) is 0 Å². The Hall–Kier alpha value is -2.54. The Bertz CT molecular complexity index is 806. The molecule has 1 aromatic carbocycles. The number of benzene rings is 1. The van der Waals surface area contributed by atoms with Crippen LogP contribution in [0.2, 0.25) is 0 Å². The second-order valence-corrected chi connectivity index (χ2v) is 6.40. The van der Waals surface area contributed by atoms with Gasteiger partial charge < -0.3 is 23.9 Å². The van der Waals surface area contributed by atoms with Crippen molar-refractivity contribution in [1.82, 2.24) is 4.90 Å². The maximum atomic E-state index is 13.2. The van der Waals surface area contributed by atoms with E-state index in [2.05, 4.69) is 0 Å². The van der Waals surface area contributed by atoms with Gasteiger partial charge in [-0.25, -0.2) is 0 Å². The molecule has 1 N–H and O–H groups in total. The van der Waals surface area contributed by atoms with Crippen LogP contribution in [0.4, 0.5) is 0 Å². The fraction of sp³-hybridized carbons (Fsp3) is 0.474. The summed E-state index contributed by atoms with van der Waals surface area (Å²) in [6.45, 7) is 3.12. The highest BCUT2D eigenvalue weighted by molar-refractivity contribution is 5.99. The molecule has 0 atom stereocenters. The van der Waals surface area contributed by atoms with Gasteiger partial charge in [-0.15, -0.1) is 0 Å². The van der Waals surface area contributed by atoms with Crippen LogP contribution in [0.1, 0.15) is 35.4 Å². The average Bonchev–Trinajstić information content (AvgIpc) is 2.98. The fourth-order valence-corrected chi connectivity index (χ4v) is 3.32. The van der Waals surface area contributed by atoms with Crippen LogP contribution in [0.25, 0.3) is 11.0 Å². The van der Waals surface area contributed by atoms with Crippen molar-refractivity contribution in [3.63, 3.8) is 0 Å². The lowest BCUT2D eigenvalue weighted by Crippen LogP contribution is -2.44. The molecular formula is C19H23NO6. The predicted octanol–water partition coefficient (Wildman–Crippen LogP) is 2.85. The van der Waals surface area contributed by atoms with Crippen LogP contribution in [-0.2, 0) is 9.53 Å². The van der Waals surface area contributed by atoms with Crippen LogP contribution >= 0.6 is 0 Å². The zero-order chi connectivity index (χ0) is 18.7. The summed E-state index contributed by atoms with van der Waals surface area (Å²) in [4.78, 5) is 25.8. The van der Waals surface area contributed by atoms with Crippen molar-refractivity contribution in [3.05, 3.63) is 29.5 Å². The van der Waals surface area contributed by atoms with E-state index in [0.29, 0.717) is 37.4 Å². The Morgan fingerprint density at radius 1 is 1.31 bits per heavy atom.